The first-order valence-corrected chi connectivity index (χ1v) is 4.33. The van der Waals surface area contributed by atoms with Crippen molar-refractivity contribution in [1.29, 1.82) is 0 Å². The number of carbonyl (C=O) groups excluding carboxylic acids is 1. The molecule has 0 unspecified atom stereocenters. The highest BCUT2D eigenvalue weighted by Crippen LogP contribution is 2.17. The third kappa shape index (κ3) is 4.25. The van der Waals surface area contributed by atoms with Crippen LogP contribution < -0.4 is 0 Å². The van der Waals surface area contributed by atoms with E-state index in [0.29, 0.717) is 6.42 Å². The van der Waals surface area contributed by atoms with E-state index in [1.54, 1.807) is 0 Å². The van der Waals surface area contributed by atoms with Gasteiger partial charge in [-0.15, -0.1) is 0 Å². The molecule has 64 valence electrons. The number of hydrogen-bond donors (Lipinski definition) is 0. The smallest absolute Gasteiger partial charge is 0.143 e. The first-order valence-electron chi connectivity index (χ1n) is 3.93. The summed E-state index contributed by atoms with van der Waals surface area (Å²) >= 11 is 4.98. The highest BCUT2D eigenvalue weighted by atomic mass is 32.1. The Morgan fingerprint density at radius 3 is 2.09 bits per heavy atom. The van der Waals surface area contributed by atoms with Gasteiger partial charge in [0.05, 0.1) is 0 Å². The normalized spacial score (nSPS) is 11.3. The van der Waals surface area contributed by atoms with Crippen LogP contribution in [0.5, 0.6) is 0 Å². The third-order valence-electron chi connectivity index (χ3n) is 1.59. The molecule has 0 radical (unpaired) electrons. The van der Waals surface area contributed by atoms with Gasteiger partial charge < -0.3 is 0 Å². The monoisotopic (exact) mass is 172 g/mol. The molecule has 0 spiro atoms. The summed E-state index contributed by atoms with van der Waals surface area (Å²) in [4.78, 5) is 12.2. The first-order chi connectivity index (χ1) is 4.88. The maximum atomic E-state index is 11.3. The van der Waals surface area contributed by atoms with Crippen molar-refractivity contribution >= 4 is 22.9 Å². The van der Waals surface area contributed by atoms with Crippen LogP contribution >= 0.6 is 12.2 Å². The molecule has 0 rings (SSSR count). The average molecular weight is 172 g/mol. The number of Topliss-reactive ketones (excluding diaryl/α,β-unsaturated/α-hetero) is 1. The lowest BCUT2D eigenvalue weighted by Crippen LogP contribution is -2.22. The zero-order valence-corrected chi connectivity index (χ0v) is 8.55. The maximum Gasteiger partial charge on any atom is 0.143 e. The van der Waals surface area contributed by atoms with E-state index in [9.17, 15) is 4.79 Å². The summed E-state index contributed by atoms with van der Waals surface area (Å²) in [6, 6.07) is 0. The zero-order valence-electron chi connectivity index (χ0n) is 7.73. The van der Waals surface area contributed by atoms with Crippen LogP contribution in [0.2, 0.25) is 0 Å². The fourth-order valence-electron chi connectivity index (χ4n) is 0.569. The Labute approximate surface area is 74.2 Å². The van der Waals surface area contributed by atoms with Gasteiger partial charge in [-0.3, -0.25) is 4.79 Å². The van der Waals surface area contributed by atoms with E-state index >= 15 is 0 Å². The minimum atomic E-state index is -0.237. The molecular weight excluding hydrogens is 156 g/mol. The molecule has 0 aromatic heterocycles. The highest BCUT2D eigenvalue weighted by molar-refractivity contribution is 7.80. The van der Waals surface area contributed by atoms with E-state index < -0.39 is 0 Å². The van der Waals surface area contributed by atoms with Gasteiger partial charge in [0.1, 0.15) is 5.78 Å². The summed E-state index contributed by atoms with van der Waals surface area (Å²) in [5.74, 6) is 0.240. The first kappa shape index (κ1) is 10.8. The summed E-state index contributed by atoms with van der Waals surface area (Å²) in [5.41, 5.74) is -0.237. The number of hydrogen-bond acceptors (Lipinski definition) is 2. The van der Waals surface area contributed by atoms with Gasteiger partial charge in [-0.05, 0) is 11.3 Å². The summed E-state index contributed by atoms with van der Waals surface area (Å²) in [6.45, 7) is 7.76. The highest BCUT2D eigenvalue weighted by Gasteiger charge is 2.21. The minimum absolute atomic E-state index is 0.237. The number of thiocarbonyl (C=S) groups is 1. The minimum Gasteiger partial charge on any atom is -0.299 e. The number of rotatable bonds is 3. The van der Waals surface area contributed by atoms with Gasteiger partial charge in [-0.1, -0.05) is 39.9 Å². The van der Waals surface area contributed by atoms with Gasteiger partial charge in [-0.2, -0.15) is 0 Å². The van der Waals surface area contributed by atoms with Crippen LogP contribution in [0.25, 0.3) is 0 Å². The summed E-state index contributed by atoms with van der Waals surface area (Å²) < 4.78 is 0. The van der Waals surface area contributed by atoms with Crippen LogP contribution in [-0.4, -0.2) is 10.6 Å². The second-order valence-electron chi connectivity index (χ2n) is 3.74. The molecule has 0 saturated carbocycles. The van der Waals surface area contributed by atoms with Crippen molar-refractivity contribution in [2.45, 2.75) is 40.5 Å². The van der Waals surface area contributed by atoms with Crippen molar-refractivity contribution < 1.29 is 4.79 Å². The van der Waals surface area contributed by atoms with E-state index in [-0.39, 0.29) is 11.2 Å². The van der Waals surface area contributed by atoms with Crippen molar-refractivity contribution in [2.24, 2.45) is 5.41 Å². The Kier molecular flexibility index (Phi) is 3.87. The van der Waals surface area contributed by atoms with Crippen molar-refractivity contribution in [3.63, 3.8) is 0 Å². The standard InChI is InChI=1S/C9H16OS/c1-5-7(11)6-8(10)9(2,3)4/h5-6H2,1-4H3. The molecule has 1 nitrogen and oxygen atoms in total. The van der Waals surface area contributed by atoms with Crippen molar-refractivity contribution in [2.75, 3.05) is 0 Å². The van der Waals surface area contributed by atoms with Gasteiger partial charge >= 0.3 is 0 Å². The van der Waals surface area contributed by atoms with Gasteiger partial charge in [0.25, 0.3) is 0 Å². The predicted molar refractivity (Wildman–Crippen MR) is 52.0 cm³/mol. The van der Waals surface area contributed by atoms with Crippen molar-refractivity contribution in [3.8, 4) is 0 Å². The van der Waals surface area contributed by atoms with E-state index in [1.165, 1.54) is 0 Å². The summed E-state index contributed by atoms with van der Waals surface area (Å²) in [5, 5.41) is 0. The SMILES string of the molecule is CCC(=S)CC(=O)C(C)(C)C. The predicted octanol–water partition coefficient (Wildman–Crippen LogP) is 2.77. The fraction of sp³-hybridized carbons (Fsp3) is 0.778. The second-order valence-corrected chi connectivity index (χ2v) is 4.32. The summed E-state index contributed by atoms with van der Waals surface area (Å²) in [7, 11) is 0. The Bertz CT molecular complexity index is 165. The topological polar surface area (TPSA) is 17.1 Å². The van der Waals surface area contributed by atoms with E-state index in [1.807, 2.05) is 27.7 Å². The van der Waals surface area contributed by atoms with Gasteiger partial charge in [0, 0.05) is 11.8 Å². The number of ketones is 1. The molecule has 0 N–H and O–H groups in total. The quantitative estimate of drug-likeness (QED) is 0.609. The van der Waals surface area contributed by atoms with Crippen molar-refractivity contribution in [1.82, 2.24) is 0 Å². The second kappa shape index (κ2) is 3.96. The lowest BCUT2D eigenvalue weighted by Gasteiger charge is -2.16. The average Bonchev–Trinajstić information content (AvgIpc) is 1.85. The van der Waals surface area contributed by atoms with Crippen LogP contribution in [-0.2, 0) is 4.79 Å². The van der Waals surface area contributed by atoms with Crippen LogP contribution in [0.1, 0.15) is 40.5 Å². The van der Waals surface area contributed by atoms with Gasteiger partial charge in [-0.25, -0.2) is 0 Å². The fourth-order valence-corrected chi connectivity index (χ4v) is 0.700. The molecule has 0 aliphatic heterocycles. The molecule has 0 aliphatic carbocycles. The van der Waals surface area contributed by atoms with Gasteiger partial charge in [0.2, 0.25) is 0 Å². The molecule has 0 aromatic carbocycles. The molecule has 0 atom stereocenters. The maximum absolute atomic E-state index is 11.3. The largest absolute Gasteiger partial charge is 0.299 e. The molecular formula is C9H16OS. The molecule has 0 aliphatic rings. The van der Waals surface area contributed by atoms with Crippen LogP contribution in [0, 0.1) is 5.41 Å². The molecule has 11 heavy (non-hydrogen) atoms. The Hall–Kier alpha value is -0.240. The zero-order chi connectivity index (χ0) is 9.07. The molecule has 0 heterocycles. The molecule has 0 fully saturated rings. The Morgan fingerprint density at radius 2 is 1.82 bits per heavy atom. The lowest BCUT2D eigenvalue weighted by molar-refractivity contribution is -0.125. The summed E-state index contributed by atoms with van der Waals surface area (Å²) in [6.07, 6.45) is 1.30. The van der Waals surface area contributed by atoms with Crippen LogP contribution in [0.15, 0.2) is 0 Å². The third-order valence-corrected chi connectivity index (χ3v) is 2.02. The van der Waals surface area contributed by atoms with E-state index in [2.05, 4.69) is 0 Å². The molecule has 0 bridgehead atoms. The van der Waals surface area contributed by atoms with Crippen LogP contribution in [0.4, 0.5) is 0 Å². The van der Waals surface area contributed by atoms with Gasteiger partial charge in [0.15, 0.2) is 0 Å². The Balaban J connectivity index is 3.99. The molecule has 0 saturated heterocycles. The van der Waals surface area contributed by atoms with Crippen LogP contribution in [0.3, 0.4) is 0 Å². The number of carbonyl (C=O) groups is 1. The van der Waals surface area contributed by atoms with E-state index in [4.69, 9.17) is 12.2 Å². The van der Waals surface area contributed by atoms with E-state index in [0.717, 1.165) is 11.3 Å². The lowest BCUT2D eigenvalue weighted by atomic mass is 9.88. The van der Waals surface area contributed by atoms with Crippen molar-refractivity contribution in [3.05, 3.63) is 0 Å². The molecule has 0 aromatic rings. The Morgan fingerprint density at radius 1 is 1.36 bits per heavy atom. The molecule has 0 amide bonds. The molecule has 2 heteroatoms.